The Balaban J connectivity index is 1.37. The molecular formula is C21H22N4O. The maximum Gasteiger partial charge on any atom is 0.239 e. The van der Waals surface area contributed by atoms with Gasteiger partial charge < -0.3 is 10.2 Å². The monoisotopic (exact) mass is 346 g/mol. The van der Waals surface area contributed by atoms with E-state index in [2.05, 4.69) is 45.6 Å². The van der Waals surface area contributed by atoms with Crippen molar-refractivity contribution in [1.82, 2.24) is 15.1 Å². The van der Waals surface area contributed by atoms with Gasteiger partial charge in [-0.3, -0.25) is 9.48 Å². The quantitative estimate of drug-likeness (QED) is 0.746. The maximum absolute atomic E-state index is 12.4. The molecule has 5 nitrogen and oxygen atoms in total. The zero-order chi connectivity index (χ0) is 17.8. The van der Waals surface area contributed by atoms with Crippen LogP contribution in [0.4, 0.5) is 5.69 Å². The van der Waals surface area contributed by atoms with E-state index in [0.29, 0.717) is 19.6 Å². The normalized spacial score (nSPS) is 12.8. The summed E-state index contributed by atoms with van der Waals surface area (Å²) in [6.45, 7) is 2.55. The van der Waals surface area contributed by atoms with Crippen molar-refractivity contribution in [1.29, 1.82) is 0 Å². The van der Waals surface area contributed by atoms with Crippen LogP contribution in [-0.2, 0) is 24.3 Å². The lowest BCUT2D eigenvalue weighted by molar-refractivity contribution is -0.119. The average Bonchev–Trinajstić information content (AvgIpc) is 3.31. The summed E-state index contributed by atoms with van der Waals surface area (Å²) in [4.78, 5) is 14.6. The van der Waals surface area contributed by atoms with Crippen LogP contribution in [0.15, 0.2) is 67.0 Å². The molecule has 0 atom stereocenters. The Kier molecular flexibility index (Phi) is 4.69. The molecule has 1 aliphatic heterocycles. The highest BCUT2D eigenvalue weighted by Gasteiger charge is 2.20. The minimum absolute atomic E-state index is 0.0515. The van der Waals surface area contributed by atoms with Gasteiger partial charge in [0.1, 0.15) is 0 Å². The van der Waals surface area contributed by atoms with Crippen LogP contribution in [0.3, 0.4) is 0 Å². The predicted octanol–water partition coefficient (Wildman–Crippen LogP) is 2.61. The van der Waals surface area contributed by atoms with Gasteiger partial charge in [-0.05, 0) is 35.2 Å². The number of anilines is 1. The van der Waals surface area contributed by atoms with Gasteiger partial charge in [0.05, 0.1) is 13.1 Å². The van der Waals surface area contributed by atoms with Crippen LogP contribution in [0.5, 0.6) is 0 Å². The molecule has 3 aromatic rings. The van der Waals surface area contributed by atoms with Gasteiger partial charge in [-0.2, -0.15) is 5.10 Å². The van der Waals surface area contributed by atoms with E-state index in [9.17, 15) is 4.79 Å². The van der Waals surface area contributed by atoms with Gasteiger partial charge >= 0.3 is 0 Å². The molecule has 2 heterocycles. The summed E-state index contributed by atoms with van der Waals surface area (Å²) in [5.74, 6) is 0.0515. The molecule has 132 valence electrons. The number of fused-ring (bicyclic) bond motifs is 1. The van der Waals surface area contributed by atoms with Crippen LogP contribution >= 0.6 is 0 Å². The Morgan fingerprint density at radius 3 is 2.69 bits per heavy atom. The smallest absolute Gasteiger partial charge is 0.239 e. The first kappa shape index (κ1) is 16.4. The van der Waals surface area contributed by atoms with Gasteiger partial charge in [-0.1, -0.05) is 42.5 Å². The van der Waals surface area contributed by atoms with Crippen LogP contribution in [0, 0.1) is 0 Å². The fraction of sp³-hybridized carbons (Fsp3) is 0.238. The summed E-state index contributed by atoms with van der Waals surface area (Å²) in [5, 5.41) is 7.33. The summed E-state index contributed by atoms with van der Waals surface area (Å²) in [6, 6.07) is 18.4. The third kappa shape index (κ3) is 3.61. The van der Waals surface area contributed by atoms with Crippen molar-refractivity contribution < 1.29 is 4.79 Å². The number of para-hydroxylation sites is 1. The Morgan fingerprint density at radius 2 is 1.85 bits per heavy atom. The highest BCUT2D eigenvalue weighted by molar-refractivity contribution is 5.82. The molecule has 1 amide bonds. The largest absolute Gasteiger partial charge is 0.362 e. The molecule has 4 rings (SSSR count). The molecule has 0 saturated heterocycles. The van der Waals surface area contributed by atoms with Gasteiger partial charge in [0, 0.05) is 31.2 Å². The molecule has 0 radical (unpaired) electrons. The molecule has 1 N–H and O–H groups in total. The van der Waals surface area contributed by atoms with Gasteiger partial charge in [0.2, 0.25) is 5.91 Å². The summed E-state index contributed by atoms with van der Waals surface area (Å²) < 4.78 is 1.89. The second kappa shape index (κ2) is 7.44. The van der Waals surface area contributed by atoms with Gasteiger partial charge in [0.15, 0.2) is 0 Å². The maximum atomic E-state index is 12.4. The molecule has 26 heavy (non-hydrogen) atoms. The zero-order valence-electron chi connectivity index (χ0n) is 14.6. The molecule has 2 aromatic carbocycles. The third-order valence-corrected chi connectivity index (χ3v) is 4.80. The number of aromatic nitrogens is 2. The highest BCUT2D eigenvalue weighted by Crippen LogP contribution is 2.26. The van der Waals surface area contributed by atoms with Gasteiger partial charge in [0.25, 0.3) is 0 Å². The minimum Gasteiger partial charge on any atom is -0.362 e. The van der Waals surface area contributed by atoms with Crippen molar-refractivity contribution in [3.8, 4) is 0 Å². The van der Waals surface area contributed by atoms with E-state index in [-0.39, 0.29) is 5.91 Å². The summed E-state index contributed by atoms with van der Waals surface area (Å²) in [6.07, 6.45) is 4.73. The summed E-state index contributed by atoms with van der Waals surface area (Å²) in [5.41, 5.74) is 4.80. The molecule has 0 fully saturated rings. The molecule has 0 aliphatic carbocycles. The predicted molar refractivity (Wildman–Crippen MR) is 102 cm³/mol. The lowest BCUT2D eigenvalue weighted by Gasteiger charge is -2.19. The summed E-state index contributed by atoms with van der Waals surface area (Å²) >= 11 is 0. The molecule has 0 bridgehead atoms. The lowest BCUT2D eigenvalue weighted by atomic mass is 10.1. The Bertz CT molecular complexity index is 889. The number of nitrogens with one attached hydrogen (secondary N) is 1. The van der Waals surface area contributed by atoms with Crippen molar-refractivity contribution in [3.05, 3.63) is 83.7 Å². The molecule has 1 aliphatic rings. The van der Waals surface area contributed by atoms with E-state index in [1.165, 1.54) is 16.8 Å². The fourth-order valence-corrected chi connectivity index (χ4v) is 3.45. The van der Waals surface area contributed by atoms with Crippen LogP contribution in [0.25, 0.3) is 0 Å². The van der Waals surface area contributed by atoms with Crippen LogP contribution in [0.2, 0.25) is 0 Å². The number of rotatable bonds is 6. The molecule has 0 unspecified atom stereocenters. The number of hydrogen-bond donors (Lipinski definition) is 1. The van der Waals surface area contributed by atoms with Crippen molar-refractivity contribution in [2.45, 2.75) is 19.5 Å². The Hall–Kier alpha value is -3.08. The van der Waals surface area contributed by atoms with Crippen LogP contribution < -0.4 is 10.2 Å². The fourth-order valence-electron chi connectivity index (χ4n) is 3.45. The van der Waals surface area contributed by atoms with E-state index in [0.717, 1.165) is 18.5 Å². The molecule has 1 aromatic heterocycles. The number of hydrogen-bond acceptors (Lipinski definition) is 3. The Morgan fingerprint density at radius 1 is 1.04 bits per heavy atom. The highest BCUT2D eigenvalue weighted by atomic mass is 16.2. The van der Waals surface area contributed by atoms with E-state index in [4.69, 9.17) is 0 Å². The lowest BCUT2D eigenvalue weighted by Crippen LogP contribution is -2.36. The molecular weight excluding hydrogens is 324 g/mol. The van der Waals surface area contributed by atoms with E-state index in [1.807, 2.05) is 35.1 Å². The molecule has 5 heteroatoms. The van der Waals surface area contributed by atoms with Crippen molar-refractivity contribution in [3.63, 3.8) is 0 Å². The minimum atomic E-state index is 0.0515. The van der Waals surface area contributed by atoms with E-state index in [1.54, 1.807) is 6.20 Å². The topological polar surface area (TPSA) is 50.2 Å². The van der Waals surface area contributed by atoms with Crippen LogP contribution in [0.1, 0.15) is 16.7 Å². The number of amides is 1. The molecule has 0 saturated carbocycles. The van der Waals surface area contributed by atoms with Crippen LogP contribution in [-0.4, -0.2) is 28.8 Å². The molecule has 0 spiro atoms. The standard InChI is InChI=1S/C21H22N4O/c26-21(16-24-13-10-17-6-3-4-9-20(17)24)22-14-18-7-1-2-8-19(18)15-25-12-5-11-23-25/h1-9,11-12H,10,13-16H2,(H,22,26). The second-order valence-corrected chi connectivity index (χ2v) is 6.55. The second-order valence-electron chi connectivity index (χ2n) is 6.55. The number of carbonyl (C=O) groups excluding carboxylic acids is 1. The van der Waals surface area contributed by atoms with Crippen molar-refractivity contribution in [2.24, 2.45) is 0 Å². The van der Waals surface area contributed by atoms with Gasteiger partial charge in [-0.15, -0.1) is 0 Å². The van der Waals surface area contributed by atoms with E-state index >= 15 is 0 Å². The average molecular weight is 346 g/mol. The number of nitrogens with zero attached hydrogens (tertiary/aromatic N) is 3. The Labute approximate surface area is 153 Å². The van der Waals surface area contributed by atoms with Crippen molar-refractivity contribution in [2.75, 3.05) is 18.0 Å². The number of benzene rings is 2. The first-order valence-electron chi connectivity index (χ1n) is 8.93. The first-order chi connectivity index (χ1) is 12.8. The van der Waals surface area contributed by atoms with Gasteiger partial charge in [-0.25, -0.2) is 0 Å². The zero-order valence-corrected chi connectivity index (χ0v) is 14.6. The number of carbonyl (C=O) groups is 1. The third-order valence-electron chi connectivity index (χ3n) is 4.80. The SMILES string of the molecule is O=C(CN1CCc2ccccc21)NCc1ccccc1Cn1cccn1. The van der Waals surface area contributed by atoms with E-state index < -0.39 is 0 Å². The first-order valence-corrected chi connectivity index (χ1v) is 8.93. The van der Waals surface area contributed by atoms with Crippen molar-refractivity contribution >= 4 is 11.6 Å². The summed E-state index contributed by atoms with van der Waals surface area (Å²) in [7, 11) is 0.